The van der Waals surface area contributed by atoms with Crippen molar-refractivity contribution in [1.29, 1.82) is 0 Å². The summed E-state index contributed by atoms with van der Waals surface area (Å²) in [6.45, 7) is 1.54. The van der Waals surface area contributed by atoms with Crippen LogP contribution in [0, 0.1) is 0 Å². The summed E-state index contributed by atoms with van der Waals surface area (Å²) in [5.74, 6) is 0.602. The van der Waals surface area contributed by atoms with Gasteiger partial charge in [0.2, 0.25) is 11.8 Å². The number of amides is 2. The zero-order chi connectivity index (χ0) is 16.8. The van der Waals surface area contributed by atoms with Gasteiger partial charge in [-0.15, -0.1) is 0 Å². The van der Waals surface area contributed by atoms with Crippen LogP contribution in [-0.4, -0.2) is 29.8 Å². The Morgan fingerprint density at radius 3 is 2.50 bits per heavy atom. The molecular weight excluding hydrogens is 304 g/mol. The van der Waals surface area contributed by atoms with E-state index in [0.717, 1.165) is 37.3 Å². The molecule has 1 N–H and O–H groups in total. The summed E-state index contributed by atoms with van der Waals surface area (Å²) in [7, 11) is 0. The maximum absolute atomic E-state index is 12.8. The Morgan fingerprint density at radius 1 is 1.08 bits per heavy atom. The minimum atomic E-state index is -0.617. The predicted molar refractivity (Wildman–Crippen MR) is 90.2 cm³/mol. The van der Waals surface area contributed by atoms with E-state index < -0.39 is 6.04 Å². The van der Waals surface area contributed by atoms with Gasteiger partial charge in [0.15, 0.2) is 0 Å². The molecule has 1 aromatic heterocycles. The van der Waals surface area contributed by atoms with Crippen LogP contribution in [0.25, 0.3) is 0 Å². The van der Waals surface area contributed by atoms with Crippen molar-refractivity contribution < 1.29 is 14.0 Å². The number of rotatable bonds is 6. The molecule has 1 fully saturated rings. The van der Waals surface area contributed by atoms with E-state index in [1.807, 2.05) is 41.3 Å². The predicted octanol–water partition coefficient (Wildman–Crippen LogP) is 2.69. The van der Waals surface area contributed by atoms with Crippen molar-refractivity contribution in [3.05, 3.63) is 60.1 Å². The Balaban J connectivity index is 1.67. The average Bonchev–Trinajstić information content (AvgIpc) is 3.31. The number of nitrogens with zero attached hydrogens (tertiary/aromatic N) is 1. The first-order valence-electron chi connectivity index (χ1n) is 8.39. The third-order valence-corrected chi connectivity index (χ3v) is 4.28. The van der Waals surface area contributed by atoms with Crippen LogP contribution >= 0.6 is 0 Å². The number of benzene rings is 1. The highest BCUT2D eigenvalue weighted by molar-refractivity contribution is 5.88. The van der Waals surface area contributed by atoms with Gasteiger partial charge in [0.1, 0.15) is 11.8 Å². The summed E-state index contributed by atoms with van der Waals surface area (Å²) in [4.78, 5) is 27.0. The van der Waals surface area contributed by atoms with Crippen LogP contribution in [-0.2, 0) is 16.0 Å². The van der Waals surface area contributed by atoms with Gasteiger partial charge in [0.25, 0.3) is 0 Å². The smallest absolute Gasteiger partial charge is 0.249 e. The standard InChI is InChI=1S/C19H22N2O3/c22-17(11-10-16-9-6-14-24-16)20-18(15-7-2-1-3-8-15)19(23)21-12-4-5-13-21/h1-3,6-9,14,18H,4-5,10-13H2,(H,20,22)/t18-/m0/s1. The first-order chi connectivity index (χ1) is 11.7. The van der Waals surface area contributed by atoms with Gasteiger partial charge in [0.05, 0.1) is 6.26 Å². The zero-order valence-electron chi connectivity index (χ0n) is 13.6. The van der Waals surface area contributed by atoms with Crippen molar-refractivity contribution in [1.82, 2.24) is 10.2 Å². The fraction of sp³-hybridized carbons (Fsp3) is 0.368. The summed E-state index contributed by atoms with van der Waals surface area (Å²) in [6, 6.07) is 12.5. The van der Waals surface area contributed by atoms with Crippen molar-refractivity contribution in [3.8, 4) is 0 Å². The second kappa shape index (κ2) is 7.81. The van der Waals surface area contributed by atoms with Gasteiger partial charge >= 0.3 is 0 Å². The van der Waals surface area contributed by atoms with Crippen LogP contribution < -0.4 is 5.32 Å². The fourth-order valence-corrected chi connectivity index (χ4v) is 2.98. The van der Waals surface area contributed by atoms with Crippen LogP contribution in [0.4, 0.5) is 0 Å². The van der Waals surface area contributed by atoms with Crippen LogP contribution in [0.2, 0.25) is 0 Å². The van der Waals surface area contributed by atoms with E-state index in [9.17, 15) is 9.59 Å². The maximum Gasteiger partial charge on any atom is 0.249 e. The zero-order valence-corrected chi connectivity index (χ0v) is 13.6. The maximum atomic E-state index is 12.8. The highest BCUT2D eigenvalue weighted by Crippen LogP contribution is 2.19. The lowest BCUT2D eigenvalue weighted by Gasteiger charge is -2.24. The Morgan fingerprint density at radius 2 is 1.83 bits per heavy atom. The molecule has 0 radical (unpaired) electrons. The average molecular weight is 326 g/mol. The number of aryl methyl sites for hydroxylation is 1. The van der Waals surface area contributed by atoms with Gasteiger partial charge in [-0.25, -0.2) is 0 Å². The molecule has 126 valence electrons. The summed E-state index contributed by atoms with van der Waals surface area (Å²) < 4.78 is 5.25. The van der Waals surface area contributed by atoms with E-state index >= 15 is 0 Å². The van der Waals surface area contributed by atoms with Crippen molar-refractivity contribution in [3.63, 3.8) is 0 Å². The first-order valence-corrected chi connectivity index (χ1v) is 8.39. The number of hydrogen-bond donors (Lipinski definition) is 1. The lowest BCUT2D eigenvalue weighted by molar-refractivity contribution is -0.135. The molecule has 1 aromatic carbocycles. The van der Waals surface area contributed by atoms with Crippen LogP contribution in [0.1, 0.15) is 36.6 Å². The third kappa shape index (κ3) is 4.04. The molecule has 24 heavy (non-hydrogen) atoms. The van der Waals surface area contributed by atoms with E-state index in [-0.39, 0.29) is 11.8 Å². The van der Waals surface area contributed by atoms with E-state index in [2.05, 4.69) is 5.32 Å². The van der Waals surface area contributed by atoms with E-state index in [0.29, 0.717) is 12.8 Å². The number of likely N-dealkylation sites (tertiary alicyclic amines) is 1. The van der Waals surface area contributed by atoms with E-state index in [1.54, 1.807) is 12.3 Å². The van der Waals surface area contributed by atoms with Crippen LogP contribution in [0.3, 0.4) is 0 Å². The molecule has 3 rings (SSSR count). The van der Waals surface area contributed by atoms with Gasteiger partial charge in [-0.05, 0) is 30.5 Å². The lowest BCUT2D eigenvalue weighted by Crippen LogP contribution is -2.41. The highest BCUT2D eigenvalue weighted by Gasteiger charge is 2.28. The molecule has 0 saturated carbocycles. The summed E-state index contributed by atoms with van der Waals surface area (Å²) in [5.41, 5.74) is 0.820. The van der Waals surface area contributed by atoms with Gasteiger partial charge in [-0.2, -0.15) is 0 Å². The Kier molecular flexibility index (Phi) is 5.31. The molecule has 5 heteroatoms. The van der Waals surface area contributed by atoms with E-state index in [4.69, 9.17) is 4.42 Å². The molecule has 2 heterocycles. The van der Waals surface area contributed by atoms with Crippen molar-refractivity contribution in [2.45, 2.75) is 31.7 Å². The largest absolute Gasteiger partial charge is 0.469 e. The van der Waals surface area contributed by atoms with Gasteiger partial charge in [-0.3, -0.25) is 9.59 Å². The number of nitrogens with one attached hydrogen (secondary N) is 1. The van der Waals surface area contributed by atoms with Crippen molar-refractivity contribution in [2.24, 2.45) is 0 Å². The Bertz CT molecular complexity index is 661. The first kappa shape index (κ1) is 16.3. The Hall–Kier alpha value is -2.56. The summed E-state index contributed by atoms with van der Waals surface area (Å²) >= 11 is 0. The second-order valence-electron chi connectivity index (χ2n) is 6.02. The van der Waals surface area contributed by atoms with Crippen LogP contribution in [0.5, 0.6) is 0 Å². The van der Waals surface area contributed by atoms with Gasteiger partial charge < -0.3 is 14.6 Å². The molecule has 1 aliphatic rings. The molecule has 1 aliphatic heterocycles. The monoisotopic (exact) mass is 326 g/mol. The second-order valence-corrected chi connectivity index (χ2v) is 6.02. The SMILES string of the molecule is O=C(CCc1ccco1)N[C@H](C(=O)N1CCCC1)c1ccccc1. The number of hydrogen-bond acceptors (Lipinski definition) is 3. The molecule has 0 unspecified atom stereocenters. The summed E-state index contributed by atoms with van der Waals surface area (Å²) in [6.07, 6.45) is 4.47. The third-order valence-electron chi connectivity index (χ3n) is 4.28. The number of furan rings is 1. The van der Waals surface area contributed by atoms with Gasteiger partial charge in [-0.1, -0.05) is 30.3 Å². The quantitative estimate of drug-likeness (QED) is 0.888. The highest BCUT2D eigenvalue weighted by atomic mass is 16.3. The summed E-state index contributed by atoms with van der Waals surface area (Å²) in [5, 5.41) is 2.90. The van der Waals surface area contributed by atoms with Crippen molar-refractivity contribution >= 4 is 11.8 Å². The molecular formula is C19H22N2O3. The molecule has 0 aliphatic carbocycles. The minimum absolute atomic E-state index is 0.0231. The fourth-order valence-electron chi connectivity index (χ4n) is 2.98. The minimum Gasteiger partial charge on any atom is -0.469 e. The van der Waals surface area contributed by atoms with Gasteiger partial charge in [0, 0.05) is 25.9 Å². The van der Waals surface area contributed by atoms with Crippen molar-refractivity contribution in [2.75, 3.05) is 13.1 Å². The molecule has 5 nitrogen and oxygen atoms in total. The normalized spacial score (nSPS) is 15.2. The lowest BCUT2D eigenvalue weighted by atomic mass is 10.1. The molecule has 2 amide bonds. The number of carbonyl (C=O) groups excluding carboxylic acids is 2. The molecule has 1 saturated heterocycles. The van der Waals surface area contributed by atoms with Crippen LogP contribution in [0.15, 0.2) is 53.1 Å². The molecule has 1 atom stereocenters. The molecule has 0 bridgehead atoms. The topological polar surface area (TPSA) is 62.6 Å². The molecule has 0 spiro atoms. The van der Waals surface area contributed by atoms with E-state index in [1.165, 1.54) is 0 Å². The Labute approximate surface area is 141 Å². The molecule has 2 aromatic rings. The number of carbonyl (C=O) groups is 2.